The van der Waals surface area contributed by atoms with Crippen molar-refractivity contribution in [1.82, 2.24) is 10.2 Å². The number of hydrogen-bond acceptors (Lipinski definition) is 3. The number of carbonyl (C=O) groups excluding carboxylic acids is 1. The van der Waals surface area contributed by atoms with Gasteiger partial charge in [0.25, 0.3) is 0 Å². The van der Waals surface area contributed by atoms with E-state index in [1.807, 2.05) is 11.9 Å². The van der Waals surface area contributed by atoms with Gasteiger partial charge in [-0.2, -0.15) is 0 Å². The van der Waals surface area contributed by atoms with Crippen molar-refractivity contribution < 1.29 is 9.53 Å². The van der Waals surface area contributed by atoms with E-state index in [0.717, 1.165) is 39.0 Å². The molecule has 2 fully saturated rings. The lowest BCUT2D eigenvalue weighted by molar-refractivity contribution is -0.134. The largest absolute Gasteiger partial charge is 0.381 e. The van der Waals surface area contributed by atoms with Gasteiger partial charge in [0.2, 0.25) is 5.91 Å². The summed E-state index contributed by atoms with van der Waals surface area (Å²) in [6.07, 6.45) is 5.64. The molecule has 0 radical (unpaired) electrons. The van der Waals surface area contributed by atoms with Gasteiger partial charge in [-0.1, -0.05) is 0 Å². The maximum Gasteiger partial charge on any atom is 0.239 e. The summed E-state index contributed by atoms with van der Waals surface area (Å²) in [5, 5.41) is 3.41. The Bertz CT molecular complexity index is 277. The topological polar surface area (TPSA) is 41.6 Å². The summed E-state index contributed by atoms with van der Waals surface area (Å²) in [7, 11) is 1.93. The molecular weight excluding hydrogens is 228 g/mol. The zero-order chi connectivity index (χ0) is 13.0. The first-order chi connectivity index (χ1) is 8.66. The summed E-state index contributed by atoms with van der Waals surface area (Å²) in [6.45, 7) is 4.70. The highest BCUT2D eigenvalue weighted by Gasteiger charge is 2.28. The van der Waals surface area contributed by atoms with Gasteiger partial charge < -0.3 is 15.0 Å². The molecule has 2 aliphatic rings. The van der Waals surface area contributed by atoms with E-state index in [2.05, 4.69) is 12.2 Å². The molecule has 2 saturated heterocycles. The highest BCUT2D eigenvalue weighted by Crippen LogP contribution is 2.17. The summed E-state index contributed by atoms with van der Waals surface area (Å²) in [6, 6.07) is 0.502. The lowest BCUT2D eigenvalue weighted by Crippen LogP contribution is -2.51. The van der Waals surface area contributed by atoms with Crippen molar-refractivity contribution in [3.63, 3.8) is 0 Å². The van der Waals surface area contributed by atoms with Crippen LogP contribution in [0, 0.1) is 5.92 Å². The van der Waals surface area contributed by atoms with E-state index in [1.54, 1.807) is 0 Å². The fourth-order valence-corrected chi connectivity index (χ4v) is 3.03. The molecule has 2 heterocycles. The summed E-state index contributed by atoms with van der Waals surface area (Å²) < 4.78 is 5.47. The minimum atomic E-state index is 0.0308. The molecule has 0 saturated carbocycles. The molecule has 104 valence electrons. The average Bonchev–Trinajstić information content (AvgIpc) is 2.39. The molecule has 0 spiro atoms. The molecule has 1 amide bonds. The highest BCUT2D eigenvalue weighted by atomic mass is 16.5. The summed E-state index contributed by atoms with van der Waals surface area (Å²) >= 11 is 0. The van der Waals surface area contributed by atoms with Crippen LogP contribution in [-0.2, 0) is 9.53 Å². The van der Waals surface area contributed by atoms with Gasteiger partial charge in [0.05, 0.1) is 12.6 Å². The number of carbonyl (C=O) groups is 1. The third-order valence-corrected chi connectivity index (χ3v) is 4.08. The summed E-state index contributed by atoms with van der Waals surface area (Å²) in [5.74, 6) is 0.779. The molecule has 4 nitrogen and oxygen atoms in total. The second kappa shape index (κ2) is 6.53. The smallest absolute Gasteiger partial charge is 0.239 e. The van der Waals surface area contributed by atoms with Crippen LogP contribution in [0.5, 0.6) is 0 Å². The minimum Gasteiger partial charge on any atom is -0.381 e. The predicted octanol–water partition coefficient (Wildman–Crippen LogP) is 1.40. The molecule has 18 heavy (non-hydrogen) atoms. The molecule has 0 aliphatic carbocycles. The molecular formula is C14H26N2O2. The van der Waals surface area contributed by atoms with Crippen molar-refractivity contribution in [2.24, 2.45) is 5.92 Å². The maximum atomic E-state index is 12.3. The van der Waals surface area contributed by atoms with E-state index < -0.39 is 0 Å². The van der Waals surface area contributed by atoms with Crippen LogP contribution in [0.25, 0.3) is 0 Å². The highest BCUT2D eigenvalue weighted by molar-refractivity contribution is 5.81. The lowest BCUT2D eigenvalue weighted by atomic mass is 9.97. The standard InChI is InChI=1S/C14H26N2O2/c1-11-5-3-7-13(15-11)14(17)16(2)9-12-6-4-8-18-10-12/h11-13,15H,3-10H2,1-2H3. The van der Waals surface area contributed by atoms with Gasteiger partial charge >= 0.3 is 0 Å². The quantitative estimate of drug-likeness (QED) is 0.828. The van der Waals surface area contributed by atoms with E-state index >= 15 is 0 Å². The number of nitrogens with one attached hydrogen (secondary N) is 1. The van der Waals surface area contributed by atoms with Gasteiger partial charge in [0.15, 0.2) is 0 Å². The summed E-state index contributed by atoms with van der Waals surface area (Å²) in [5.41, 5.74) is 0. The maximum absolute atomic E-state index is 12.3. The van der Waals surface area contributed by atoms with E-state index in [9.17, 15) is 4.79 Å². The number of amides is 1. The Hall–Kier alpha value is -0.610. The SMILES string of the molecule is CC1CCCC(C(=O)N(C)CC2CCCOC2)N1. The van der Waals surface area contributed by atoms with Crippen LogP contribution in [0.1, 0.15) is 39.0 Å². The van der Waals surface area contributed by atoms with Crippen LogP contribution in [0.2, 0.25) is 0 Å². The fourth-order valence-electron chi connectivity index (χ4n) is 3.03. The van der Waals surface area contributed by atoms with Crippen molar-refractivity contribution in [3.05, 3.63) is 0 Å². The molecule has 0 aromatic rings. The van der Waals surface area contributed by atoms with Gasteiger partial charge in [-0.25, -0.2) is 0 Å². The van der Waals surface area contributed by atoms with Crippen molar-refractivity contribution in [2.45, 2.75) is 51.1 Å². The molecule has 1 N–H and O–H groups in total. The van der Waals surface area contributed by atoms with Crippen molar-refractivity contribution >= 4 is 5.91 Å². The first-order valence-corrected chi connectivity index (χ1v) is 7.25. The Morgan fingerprint density at radius 3 is 2.83 bits per heavy atom. The van der Waals surface area contributed by atoms with Gasteiger partial charge in [-0.15, -0.1) is 0 Å². The van der Waals surface area contributed by atoms with Crippen molar-refractivity contribution in [1.29, 1.82) is 0 Å². The van der Waals surface area contributed by atoms with E-state index in [-0.39, 0.29) is 11.9 Å². The predicted molar refractivity (Wildman–Crippen MR) is 71.4 cm³/mol. The molecule has 2 rings (SSSR count). The van der Waals surface area contributed by atoms with E-state index in [1.165, 1.54) is 12.8 Å². The van der Waals surface area contributed by atoms with Crippen LogP contribution >= 0.6 is 0 Å². The molecule has 2 aliphatic heterocycles. The van der Waals surface area contributed by atoms with Crippen molar-refractivity contribution in [3.8, 4) is 0 Å². The molecule has 0 bridgehead atoms. The van der Waals surface area contributed by atoms with E-state index in [0.29, 0.717) is 12.0 Å². The fraction of sp³-hybridized carbons (Fsp3) is 0.929. The lowest BCUT2D eigenvalue weighted by Gasteiger charge is -2.33. The van der Waals surface area contributed by atoms with Gasteiger partial charge in [0.1, 0.15) is 0 Å². The monoisotopic (exact) mass is 254 g/mol. The molecule has 4 heteroatoms. The number of ether oxygens (including phenoxy) is 1. The molecule has 0 aromatic heterocycles. The summed E-state index contributed by atoms with van der Waals surface area (Å²) in [4.78, 5) is 14.2. The molecule has 0 aromatic carbocycles. The first-order valence-electron chi connectivity index (χ1n) is 7.25. The third-order valence-electron chi connectivity index (χ3n) is 4.08. The number of nitrogens with zero attached hydrogens (tertiary/aromatic N) is 1. The minimum absolute atomic E-state index is 0.0308. The second-order valence-corrected chi connectivity index (χ2v) is 5.85. The van der Waals surface area contributed by atoms with Gasteiger partial charge in [-0.05, 0) is 44.9 Å². The van der Waals surface area contributed by atoms with Crippen LogP contribution in [-0.4, -0.2) is 49.7 Å². The van der Waals surface area contributed by atoms with Crippen LogP contribution in [0.4, 0.5) is 0 Å². The number of hydrogen-bond donors (Lipinski definition) is 1. The third kappa shape index (κ3) is 3.69. The Morgan fingerprint density at radius 2 is 2.17 bits per heavy atom. The van der Waals surface area contributed by atoms with Crippen LogP contribution in [0.3, 0.4) is 0 Å². The Balaban J connectivity index is 1.79. The average molecular weight is 254 g/mol. The molecule has 3 unspecified atom stereocenters. The van der Waals surface area contributed by atoms with Crippen LogP contribution < -0.4 is 5.32 Å². The number of piperidine rings is 1. The Kier molecular flexibility index (Phi) is 5.01. The van der Waals surface area contributed by atoms with Gasteiger partial charge in [0, 0.05) is 26.2 Å². The Labute approximate surface area is 110 Å². The zero-order valence-corrected chi connectivity index (χ0v) is 11.7. The second-order valence-electron chi connectivity index (χ2n) is 5.85. The number of likely N-dealkylation sites (N-methyl/N-ethyl adjacent to an activating group) is 1. The normalized spacial score (nSPS) is 33.1. The molecule has 3 atom stereocenters. The number of rotatable bonds is 3. The Morgan fingerprint density at radius 1 is 1.33 bits per heavy atom. The zero-order valence-electron chi connectivity index (χ0n) is 11.7. The van der Waals surface area contributed by atoms with Crippen LogP contribution in [0.15, 0.2) is 0 Å². The van der Waals surface area contributed by atoms with Gasteiger partial charge in [-0.3, -0.25) is 4.79 Å². The van der Waals surface area contributed by atoms with E-state index in [4.69, 9.17) is 4.74 Å². The van der Waals surface area contributed by atoms with Crippen molar-refractivity contribution in [2.75, 3.05) is 26.8 Å². The first kappa shape index (κ1) is 13.8.